The maximum atomic E-state index is 13.1. The molecule has 3 heteroatoms. The second-order valence-electron chi connectivity index (χ2n) is 7.13. The third-order valence-electron chi connectivity index (χ3n) is 5.81. The van der Waals surface area contributed by atoms with E-state index in [4.69, 9.17) is 0 Å². The van der Waals surface area contributed by atoms with Crippen LogP contribution in [0.3, 0.4) is 0 Å². The van der Waals surface area contributed by atoms with Gasteiger partial charge in [0, 0.05) is 0 Å². The summed E-state index contributed by atoms with van der Waals surface area (Å²) in [6.07, 6.45) is 3.38. The Bertz CT molecular complexity index is 799. The fourth-order valence-electron chi connectivity index (χ4n) is 4.47. The van der Waals surface area contributed by atoms with Crippen LogP contribution in [0.15, 0.2) is 54.6 Å². The lowest BCUT2D eigenvalue weighted by Gasteiger charge is -2.28. The van der Waals surface area contributed by atoms with Crippen molar-refractivity contribution < 1.29 is 9.59 Å². The highest BCUT2D eigenvalue weighted by molar-refractivity contribution is 6.22. The summed E-state index contributed by atoms with van der Waals surface area (Å²) in [6, 6.07) is 18.2. The lowest BCUT2D eigenvalue weighted by Crippen LogP contribution is -2.31. The smallest absolute Gasteiger partial charge is 0.237 e. The predicted molar refractivity (Wildman–Crippen MR) is 98.3 cm³/mol. The van der Waals surface area contributed by atoms with E-state index < -0.39 is 0 Å². The molecule has 1 saturated carbocycles. The largest absolute Gasteiger partial charge is 0.274 e. The molecule has 25 heavy (non-hydrogen) atoms. The predicted octanol–water partition coefficient (Wildman–Crippen LogP) is 4.32. The molecule has 2 aromatic carbocycles. The summed E-state index contributed by atoms with van der Waals surface area (Å²) in [5.74, 6) is 0.0632. The van der Waals surface area contributed by atoms with Gasteiger partial charge in [0.25, 0.3) is 0 Å². The van der Waals surface area contributed by atoms with Crippen LogP contribution < -0.4 is 4.90 Å². The van der Waals surface area contributed by atoms with Crippen molar-refractivity contribution in [3.63, 3.8) is 0 Å². The molecule has 0 aromatic heterocycles. The van der Waals surface area contributed by atoms with Crippen LogP contribution in [0.1, 0.15) is 43.2 Å². The fraction of sp³-hybridized carbons (Fsp3) is 0.364. The SMILES string of the molecule is CCc1ccccc1N1C(=O)[C@H]2C[C@H](c3ccccc3)CC[C@H]2C1=O. The van der Waals surface area contributed by atoms with Gasteiger partial charge in [-0.25, -0.2) is 4.90 Å². The number of hydrogen-bond acceptors (Lipinski definition) is 2. The van der Waals surface area contributed by atoms with Crippen molar-refractivity contribution in [2.24, 2.45) is 11.8 Å². The Balaban J connectivity index is 1.63. The molecule has 1 aliphatic carbocycles. The molecule has 1 aliphatic heterocycles. The Morgan fingerprint density at radius 3 is 2.32 bits per heavy atom. The van der Waals surface area contributed by atoms with E-state index in [1.807, 2.05) is 42.5 Å². The number of nitrogens with zero attached hydrogens (tertiary/aromatic N) is 1. The third kappa shape index (κ3) is 2.68. The van der Waals surface area contributed by atoms with E-state index in [9.17, 15) is 9.59 Å². The van der Waals surface area contributed by atoms with Crippen LogP contribution in [0.5, 0.6) is 0 Å². The number of carbonyl (C=O) groups is 2. The van der Waals surface area contributed by atoms with Crippen LogP contribution >= 0.6 is 0 Å². The normalized spacial score (nSPS) is 26.0. The Morgan fingerprint density at radius 1 is 0.880 bits per heavy atom. The number of benzene rings is 2. The Hall–Kier alpha value is -2.42. The molecule has 0 N–H and O–H groups in total. The van der Waals surface area contributed by atoms with Crippen molar-refractivity contribution in [1.29, 1.82) is 0 Å². The summed E-state index contributed by atoms with van der Waals surface area (Å²) in [5.41, 5.74) is 3.13. The topological polar surface area (TPSA) is 37.4 Å². The quantitative estimate of drug-likeness (QED) is 0.784. The third-order valence-corrected chi connectivity index (χ3v) is 5.81. The van der Waals surface area contributed by atoms with Crippen molar-refractivity contribution in [3.8, 4) is 0 Å². The second-order valence-corrected chi connectivity index (χ2v) is 7.13. The van der Waals surface area contributed by atoms with Crippen molar-refractivity contribution in [3.05, 3.63) is 65.7 Å². The number of carbonyl (C=O) groups excluding carboxylic acids is 2. The molecular weight excluding hydrogens is 310 g/mol. The number of amides is 2. The highest BCUT2D eigenvalue weighted by Crippen LogP contribution is 2.46. The van der Waals surface area contributed by atoms with Crippen molar-refractivity contribution in [2.45, 2.75) is 38.5 Å². The molecule has 0 radical (unpaired) electrons. The first-order valence-electron chi connectivity index (χ1n) is 9.21. The molecular formula is C22H23NO2. The zero-order valence-electron chi connectivity index (χ0n) is 14.5. The zero-order chi connectivity index (χ0) is 17.4. The Labute approximate surface area is 148 Å². The summed E-state index contributed by atoms with van der Waals surface area (Å²) < 4.78 is 0. The molecule has 128 valence electrons. The average molecular weight is 333 g/mol. The van der Waals surface area contributed by atoms with Gasteiger partial charge in [-0.2, -0.15) is 0 Å². The van der Waals surface area contributed by atoms with Crippen molar-refractivity contribution in [1.82, 2.24) is 0 Å². The molecule has 1 saturated heterocycles. The molecule has 4 rings (SSSR count). The van der Waals surface area contributed by atoms with Crippen LogP contribution in [0.2, 0.25) is 0 Å². The van der Waals surface area contributed by atoms with Gasteiger partial charge in [-0.3, -0.25) is 9.59 Å². The lowest BCUT2D eigenvalue weighted by atomic mass is 9.73. The first-order valence-corrected chi connectivity index (χ1v) is 9.21. The van der Waals surface area contributed by atoms with Crippen molar-refractivity contribution >= 4 is 17.5 Å². The summed E-state index contributed by atoms with van der Waals surface area (Å²) in [5, 5.41) is 0. The van der Waals surface area contributed by atoms with Gasteiger partial charge in [0.1, 0.15) is 0 Å². The molecule has 0 bridgehead atoms. The van der Waals surface area contributed by atoms with Gasteiger partial charge in [-0.15, -0.1) is 0 Å². The number of rotatable bonds is 3. The van der Waals surface area contributed by atoms with Gasteiger partial charge < -0.3 is 0 Å². The highest BCUT2D eigenvalue weighted by Gasteiger charge is 2.50. The molecule has 2 aromatic rings. The number of fused-ring (bicyclic) bond motifs is 1. The van der Waals surface area contributed by atoms with Gasteiger partial charge in [0.05, 0.1) is 17.5 Å². The van der Waals surface area contributed by atoms with Crippen LogP contribution in [-0.4, -0.2) is 11.8 Å². The second kappa shape index (κ2) is 6.47. The van der Waals surface area contributed by atoms with E-state index in [0.29, 0.717) is 5.92 Å². The maximum absolute atomic E-state index is 13.1. The molecule has 2 amide bonds. The minimum atomic E-state index is -0.170. The van der Waals surface area contributed by atoms with Crippen molar-refractivity contribution in [2.75, 3.05) is 4.90 Å². The Kier molecular flexibility index (Phi) is 4.16. The fourth-order valence-corrected chi connectivity index (χ4v) is 4.47. The van der Waals surface area contributed by atoms with Gasteiger partial charge in [-0.1, -0.05) is 55.5 Å². The highest BCUT2D eigenvalue weighted by atomic mass is 16.2. The first kappa shape index (κ1) is 16.1. The monoisotopic (exact) mass is 333 g/mol. The maximum Gasteiger partial charge on any atom is 0.237 e. The van der Waals surface area contributed by atoms with E-state index in [-0.39, 0.29) is 23.7 Å². The summed E-state index contributed by atoms with van der Waals surface area (Å²) in [4.78, 5) is 27.5. The first-order chi connectivity index (χ1) is 12.2. The van der Waals surface area contributed by atoms with Crippen LogP contribution in [0.4, 0.5) is 5.69 Å². The Morgan fingerprint density at radius 2 is 1.56 bits per heavy atom. The average Bonchev–Trinajstić information content (AvgIpc) is 2.92. The van der Waals surface area contributed by atoms with Gasteiger partial charge in [0.2, 0.25) is 11.8 Å². The lowest BCUT2D eigenvalue weighted by molar-refractivity contribution is -0.122. The number of aryl methyl sites for hydroxylation is 1. The number of imide groups is 1. The number of hydrogen-bond donors (Lipinski definition) is 0. The van der Waals surface area contributed by atoms with Gasteiger partial charge in [0.15, 0.2) is 0 Å². The molecule has 3 nitrogen and oxygen atoms in total. The summed E-state index contributed by atoms with van der Waals surface area (Å²) in [7, 11) is 0. The van der Waals surface area contributed by atoms with Crippen LogP contribution in [0, 0.1) is 11.8 Å². The van der Waals surface area contributed by atoms with E-state index in [1.165, 1.54) is 10.5 Å². The molecule has 0 spiro atoms. The van der Waals surface area contributed by atoms with Crippen LogP contribution in [0.25, 0.3) is 0 Å². The summed E-state index contributed by atoms with van der Waals surface area (Å²) >= 11 is 0. The minimum Gasteiger partial charge on any atom is -0.274 e. The van der Waals surface area contributed by atoms with E-state index >= 15 is 0 Å². The van der Waals surface area contributed by atoms with E-state index in [0.717, 1.165) is 36.9 Å². The van der Waals surface area contributed by atoms with Gasteiger partial charge >= 0.3 is 0 Å². The number of para-hydroxylation sites is 1. The zero-order valence-corrected chi connectivity index (χ0v) is 14.5. The number of anilines is 1. The molecule has 1 heterocycles. The van der Waals surface area contributed by atoms with Crippen LogP contribution in [-0.2, 0) is 16.0 Å². The van der Waals surface area contributed by atoms with E-state index in [2.05, 4.69) is 19.1 Å². The minimum absolute atomic E-state index is 0.00223. The molecule has 3 atom stereocenters. The van der Waals surface area contributed by atoms with Gasteiger partial charge in [-0.05, 0) is 48.8 Å². The molecule has 2 fully saturated rings. The molecule has 0 unspecified atom stereocenters. The summed E-state index contributed by atoms with van der Waals surface area (Å²) in [6.45, 7) is 2.06. The van der Waals surface area contributed by atoms with E-state index in [1.54, 1.807) is 0 Å². The molecule has 2 aliphatic rings. The standard InChI is InChI=1S/C22H23NO2/c1-2-15-8-6-7-11-20(15)23-21(24)18-13-12-17(14-19(18)22(23)25)16-9-4-3-5-10-16/h3-11,17-19H,2,12-14H2,1H3/t17-,18-,19+/m1/s1.